The summed E-state index contributed by atoms with van der Waals surface area (Å²) in [4.78, 5) is 24.0. The molecule has 1 aliphatic rings. The molecule has 1 aliphatic heterocycles. The van der Waals surface area contributed by atoms with Gasteiger partial charge < -0.3 is 14.8 Å². The Balaban J connectivity index is 1.95. The minimum Gasteiger partial charge on any atom is -0.496 e. The van der Waals surface area contributed by atoms with E-state index in [1.165, 1.54) is 19.2 Å². The topological polar surface area (TPSA) is 98.8 Å². The predicted molar refractivity (Wildman–Crippen MR) is 88.1 cm³/mol. The maximum Gasteiger partial charge on any atom is 0.342 e. The van der Waals surface area contributed by atoms with Crippen LogP contribution >= 0.6 is 11.6 Å². The normalized spacial score (nSPS) is 22.0. The van der Waals surface area contributed by atoms with Gasteiger partial charge >= 0.3 is 5.97 Å². The van der Waals surface area contributed by atoms with Crippen molar-refractivity contribution in [1.29, 1.82) is 0 Å². The number of ether oxygens (including phenoxy) is 2. The quantitative estimate of drug-likeness (QED) is 0.776. The van der Waals surface area contributed by atoms with E-state index < -0.39 is 33.9 Å². The highest BCUT2D eigenvalue weighted by Gasteiger charge is 2.39. The van der Waals surface area contributed by atoms with E-state index in [1.54, 1.807) is 13.0 Å². The summed E-state index contributed by atoms with van der Waals surface area (Å²) in [5.41, 5.74) is -0.733. The average molecular weight is 376 g/mol. The summed E-state index contributed by atoms with van der Waals surface area (Å²) < 4.78 is 33.0. The zero-order chi connectivity index (χ0) is 18.0. The van der Waals surface area contributed by atoms with Crippen LogP contribution in [0.3, 0.4) is 0 Å². The largest absolute Gasteiger partial charge is 0.496 e. The summed E-state index contributed by atoms with van der Waals surface area (Å²) in [5, 5.41) is 2.93. The zero-order valence-corrected chi connectivity index (χ0v) is 14.9. The van der Waals surface area contributed by atoms with E-state index in [4.69, 9.17) is 21.1 Å². The molecule has 1 N–H and O–H groups in total. The summed E-state index contributed by atoms with van der Waals surface area (Å²) >= 11 is 5.84. The van der Waals surface area contributed by atoms with E-state index in [2.05, 4.69) is 5.32 Å². The molecule has 1 aromatic rings. The van der Waals surface area contributed by atoms with E-state index in [1.807, 2.05) is 0 Å². The third-order valence-corrected chi connectivity index (χ3v) is 5.80. The Bertz CT molecular complexity index is 763. The van der Waals surface area contributed by atoms with Gasteiger partial charge in [0.2, 0.25) is 0 Å². The van der Waals surface area contributed by atoms with Crippen molar-refractivity contribution in [2.24, 2.45) is 0 Å². The molecule has 9 heteroatoms. The van der Waals surface area contributed by atoms with E-state index in [0.717, 1.165) is 0 Å². The van der Waals surface area contributed by atoms with Crippen molar-refractivity contribution in [3.63, 3.8) is 0 Å². The Morgan fingerprint density at radius 1 is 1.38 bits per heavy atom. The third kappa shape index (κ3) is 4.61. The second-order valence-corrected chi connectivity index (χ2v) is 8.49. The lowest BCUT2D eigenvalue weighted by molar-refractivity contribution is -0.125. The number of methoxy groups -OCH3 is 1. The number of rotatable bonds is 5. The number of hydrogen-bond donors (Lipinski definition) is 1. The van der Waals surface area contributed by atoms with Gasteiger partial charge in [-0.3, -0.25) is 4.79 Å². The number of amides is 1. The van der Waals surface area contributed by atoms with Crippen LogP contribution in [-0.4, -0.2) is 51.1 Å². The monoisotopic (exact) mass is 375 g/mol. The van der Waals surface area contributed by atoms with Gasteiger partial charge in [-0.15, -0.1) is 0 Å². The second-order valence-electron chi connectivity index (χ2n) is 5.87. The molecule has 1 heterocycles. The lowest BCUT2D eigenvalue weighted by Gasteiger charge is -2.23. The summed E-state index contributed by atoms with van der Waals surface area (Å²) in [5.74, 6) is -1.14. The standard InChI is InChI=1S/C15H18ClNO6S/c1-15(5-6-24(20,21)9-15)17-13(18)8-23-14(19)11-7-10(16)3-4-12(11)22-2/h3-4,7H,5-6,8-9H2,1-2H3,(H,17,18)/t15-/m1/s1. The first-order valence-electron chi connectivity index (χ1n) is 7.16. The van der Waals surface area contributed by atoms with Crippen LogP contribution in [0.2, 0.25) is 5.02 Å². The fourth-order valence-corrected chi connectivity index (χ4v) is 4.80. The van der Waals surface area contributed by atoms with Crippen molar-refractivity contribution in [3.05, 3.63) is 28.8 Å². The average Bonchev–Trinajstić information content (AvgIpc) is 2.78. The molecule has 0 aliphatic carbocycles. The Morgan fingerprint density at radius 3 is 2.67 bits per heavy atom. The second kappa shape index (κ2) is 6.98. The van der Waals surface area contributed by atoms with Crippen LogP contribution < -0.4 is 10.1 Å². The molecule has 0 bridgehead atoms. The first-order chi connectivity index (χ1) is 11.1. The molecular formula is C15H18ClNO6S. The number of hydrogen-bond acceptors (Lipinski definition) is 6. The molecular weight excluding hydrogens is 358 g/mol. The molecule has 1 atom stereocenters. The smallest absolute Gasteiger partial charge is 0.342 e. The Morgan fingerprint density at radius 2 is 2.08 bits per heavy atom. The summed E-state index contributed by atoms with van der Waals surface area (Å²) in [6.07, 6.45) is 0.330. The first kappa shape index (κ1) is 18.5. The number of sulfone groups is 1. The Kier molecular flexibility index (Phi) is 5.39. The van der Waals surface area contributed by atoms with Crippen LogP contribution in [0, 0.1) is 0 Å². The molecule has 1 saturated heterocycles. The van der Waals surface area contributed by atoms with E-state index in [-0.39, 0.29) is 22.8 Å². The Labute approximate surface area is 145 Å². The molecule has 1 amide bonds. The molecule has 1 fully saturated rings. The van der Waals surface area contributed by atoms with Crippen molar-refractivity contribution >= 4 is 33.3 Å². The predicted octanol–water partition coefficient (Wildman–Crippen LogP) is 1.20. The number of benzene rings is 1. The number of carbonyl (C=O) groups is 2. The highest BCUT2D eigenvalue weighted by molar-refractivity contribution is 7.91. The first-order valence-corrected chi connectivity index (χ1v) is 9.36. The number of nitrogens with one attached hydrogen (secondary N) is 1. The molecule has 24 heavy (non-hydrogen) atoms. The van der Waals surface area contributed by atoms with Crippen molar-refractivity contribution in [2.45, 2.75) is 18.9 Å². The van der Waals surface area contributed by atoms with Crippen molar-refractivity contribution in [1.82, 2.24) is 5.32 Å². The molecule has 0 saturated carbocycles. The van der Waals surface area contributed by atoms with Gasteiger partial charge in [0.15, 0.2) is 16.4 Å². The van der Waals surface area contributed by atoms with Gasteiger partial charge in [0, 0.05) is 5.02 Å². The van der Waals surface area contributed by atoms with Gasteiger partial charge in [-0.25, -0.2) is 13.2 Å². The molecule has 1 aromatic carbocycles. The molecule has 7 nitrogen and oxygen atoms in total. The third-order valence-electron chi connectivity index (χ3n) is 3.66. The van der Waals surface area contributed by atoms with Gasteiger partial charge in [-0.05, 0) is 31.5 Å². The van der Waals surface area contributed by atoms with E-state index in [0.29, 0.717) is 11.4 Å². The van der Waals surface area contributed by atoms with Crippen LogP contribution in [0.4, 0.5) is 0 Å². The zero-order valence-electron chi connectivity index (χ0n) is 13.3. The van der Waals surface area contributed by atoms with Crippen LogP contribution in [0.25, 0.3) is 0 Å². The van der Waals surface area contributed by atoms with Gasteiger partial charge in [-0.1, -0.05) is 11.6 Å². The Hall–Kier alpha value is -1.80. The molecule has 0 spiro atoms. The summed E-state index contributed by atoms with van der Waals surface area (Å²) in [7, 11) is -1.74. The van der Waals surface area contributed by atoms with Crippen molar-refractivity contribution in [2.75, 3.05) is 25.2 Å². The van der Waals surface area contributed by atoms with Gasteiger partial charge in [0.05, 0.1) is 24.2 Å². The molecule has 0 aromatic heterocycles. The lowest BCUT2D eigenvalue weighted by Crippen LogP contribution is -2.48. The van der Waals surface area contributed by atoms with Crippen LogP contribution in [0.15, 0.2) is 18.2 Å². The van der Waals surface area contributed by atoms with Crippen LogP contribution in [0.5, 0.6) is 5.75 Å². The number of halogens is 1. The van der Waals surface area contributed by atoms with Crippen molar-refractivity contribution < 1.29 is 27.5 Å². The fraction of sp³-hybridized carbons (Fsp3) is 0.467. The fourth-order valence-electron chi connectivity index (χ4n) is 2.53. The lowest BCUT2D eigenvalue weighted by atomic mass is 10.0. The highest BCUT2D eigenvalue weighted by atomic mass is 35.5. The van der Waals surface area contributed by atoms with Crippen LogP contribution in [0.1, 0.15) is 23.7 Å². The van der Waals surface area contributed by atoms with Crippen LogP contribution in [-0.2, 0) is 19.4 Å². The van der Waals surface area contributed by atoms with Gasteiger partial charge in [0.1, 0.15) is 11.3 Å². The number of carbonyl (C=O) groups excluding carboxylic acids is 2. The molecule has 132 valence electrons. The SMILES string of the molecule is COc1ccc(Cl)cc1C(=O)OCC(=O)N[C@]1(C)CCS(=O)(=O)C1. The van der Waals surface area contributed by atoms with Gasteiger partial charge in [0.25, 0.3) is 5.91 Å². The maximum absolute atomic E-state index is 12.1. The van der Waals surface area contributed by atoms with E-state index >= 15 is 0 Å². The number of esters is 1. The van der Waals surface area contributed by atoms with Gasteiger partial charge in [-0.2, -0.15) is 0 Å². The maximum atomic E-state index is 12.1. The molecule has 0 unspecified atom stereocenters. The molecule has 2 rings (SSSR count). The minimum atomic E-state index is -3.14. The minimum absolute atomic E-state index is 0.0310. The van der Waals surface area contributed by atoms with Crippen molar-refractivity contribution in [3.8, 4) is 5.75 Å². The summed E-state index contributed by atoms with van der Waals surface area (Å²) in [6, 6.07) is 4.46. The van der Waals surface area contributed by atoms with E-state index in [9.17, 15) is 18.0 Å². The summed E-state index contributed by atoms with van der Waals surface area (Å²) in [6.45, 7) is 1.13. The highest BCUT2D eigenvalue weighted by Crippen LogP contribution is 2.24. The molecule has 0 radical (unpaired) electrons.